The minimum atomic E-state index is -0.0362. The molecular weight excluding hydrogens is 789 g/mol. The van der Waals surface area contributed by atoms with Crippen LogP contribution >= 0.6 is 0 Å². The van der Waals surface area contributed by atoms with Crippen LogP contribution in [0.3, 0.4) is 0 Å². The number of nitrogens with zero attached hydrogens (tertiary/aromatic N) is 2. The van der Waals surface area contributed by atoms with Crippen molar-refractivity contribution in [3.05, 3.63) is 204 Å². The van der Waals surface area contributed by atoms with Gasteiger partial charge < -0.3 is 0 Å². The van der Waals surface area contributed by atoms with Crippen LogP contribution in [0.4, 0.5) is 0 Å². The molecule has 15 aromatic rings. The fourth-order valence-corrected chi connectivity index (χ4v) is 12.5. The van der Waals surface area contributed by atoms with Gasteiger partial charge in [-0.15, -0.1) is 0 Å². The van der Waals surface area contributed by atoms with Crippen LogP contribution in [-0.2, 0) is 0 Å². The lowest BCUT2D eigenvalue weighted by molar-refractivity contribution is 1.15. The first-order valence-corrected chi connectivity index (χ1v) is 22.4. The largest absolute Gasteiger partial charge is 0.268 e. The Balaban J connectivity index is 1.10. The maximum absolute atomic E-state index is 14.9. The number of fused-ring (bicyclic) bond motifs is 14. The number of benzene rings is 13. The highest BCUT2D eigenvalue weighted by atomic mass is 16.1. The predicted octanol–water partition coefficient (Wildman–Crippen LogP) is 16.1. The fourth-order valence-electron chi connectivity index (χ4n) is 12.5. The first kappa shape index (κ1) is 33.9. The maximum Gasteiger partial charge on any atom is 0.264 e. The predicted molar refractivity (Wildman–Crippen MR) is 274 cm³/mol. The lowest BCUT2D eigenvalue weighted by Crippen LogP contribution is -2.16. The maximum atomic E-state index is 14.9. The molecule has 0 saturated heterocycles. The van der Waals surface area contributed by atoms with Crippen molar-refractivity contribution in [1.82, 2.24) is 9.38 Å². The van der Waals surface area contributed by atoms with Crippen molar-refractivity contribution in [1.29, 1.82) is 0 Å². The van der Waals surface area contributed by atoms with Crippen molar-refractivity contribution in [2.75, 3.05) is 0 Å². The highest BCUT2D eigenvalue weighted by Crippen LogP contribution is 2.61. The number of rotatable bonds is 2. The third-order valence-electron chi connectivity index (χ3n) is 15.0. The molecule has 0 atom stereocenters. The lowest BCUT2D eigenvalue weighted by Gasteiger charge is -2.23. The highest BCUT2D eigenvalue weighted by Gasteiger charge is 2.34. The standard InChI is InChI=1S/C62H32N2O/c65-62-47-32-28-43-41-26-30-45-55-44(29-25-40(53(41)55)42-27-31-46(56(47)54(42)43)61-63-48-23-11-17-33-18-12-24-49(50(33)48)64(61)62)59-51(34-13-3-1-4-14-34)57-38-21-9-7-19-36(38)37-20-8-10-22-39(37)58(57)52(60(45)59)35-15-5-2-6-16-35/h1-32H. The molecular formula is C62H32N2O. The zero-order valence-electron chi connectivity index (χ0n) is 34.8. The summed E-state index contributed by atoms with van der Waals surface area (Å²) < 4.78 is 1.84. The Morgan fingerprint density at radius 2 is 0.754 bits per heavy atom. The van der Waals surface area contributed by atoms with Gasteiger partial charge in [-0.2, -0.15) is 0 Å². The molecule has 0 saturated carbocycles. The minimum absolute atomic E-state index is 0.0362. The smallest absolute Gasteiger partial charge is 0.264 e. The molecule has 2 aromatic heterocycles. The molecule has 0 aliphatic heterocycles. The van der Waals surface area contributed by atoms with Crippen LogP contribution in [0.25, 0.3) is 158 Å². The van der Waals surface area contributed by atoms with Crippen LogP contribution in [0, 0.1) is 0 Å². The Morgan fingerprint density at radius 1 is 0.308 bits per heavy atom. The molecule has 0 radical (unpaired) electrons. The van der Waals surface area contributed by atoms with Crippen LogP contribution < -0.4 is 5.56 Å². The summed E-state index contributed by atoms with van der Waals surface area (Å²) in [5, 5.41) is 20.8. The van der Waals surface area contributed by atoms with E-state index in [0.717, 1.165) is 48.7 Å². The highest BCUT2D eigenvalue weighted by molar-refractivity contribution is 6.43. The number of aromatic nitrogens is 2. The second-order valence-corrected chi connectivity index (χ2v) is 17.9. The first-order valence-electron chi connectivity index (χ1n) is 22.4. The summed E-state index contributed by atoms with van der Waals surface area (Å²) in [5.74, 6) is 0. The number of hydrogen-bond acceptors (Lipinski definition) is 2. The Hall–Kier alpha value is -8.66. The average molecular weight is 821 g/mol. The third kappa shape index (κ3) is 4.04. The van der Waals surface area contributed by atoms with Crippen LogP contribution in [0.5, 0.6) is 0 Å². The van der Waals surface area contributed by atoms with Crippen molar-refractivity contribution < 1.29 is 0 Å². The van der Waals surface area contributed by atoms with Crippen LogP contribution in [-0.4, -0.2) is 9.38 Å². The van der Waals surface area contributed by atoms with Gasteiger partial charge >= 0.3 is 0 Å². The summed E-state index contributed by atoms with van der Waals surface area (Å²) in [4.78, 5) is 20.1. The molecule has 1 aliphatic carbocycles. The quantitative estimate of drug-likeness (QED) is 0.129. The SMILES string of the molecule is O=c1c2ccc3c4ccc5c6c(ccc(c7ccc(c2c37)c2nc3cccc7cccc(c73)n12)c64)-c1c-5c(-c2ccccc2)c2c3ccccc3c3ccccc3c2c1-c1ccccc1. The summed E-state index contributed by atoms with van der Waals surface area (Å²) >= 11 is 0. The second-order valence-electron chi connectivity index (χ2n) is 17.9. The molecule has 0 bridgehead atoms. The molecule has 0 unspecified atom stereocenters. The van der Waals surface area contributed by atoms with E-state index in [-0.39, 0.29) is 5.56 Å². The van der Waals surface area contributed by atoms with E-state index in [9.17, 15) is 4.79 Å². The minimum Gasteiger partial charge on any atom is -0.268 e. The number of hydrogen-bond donors (Lipinski definition) is 0. The van der Waals surface area contributed by atoms with Crippen molar-refractivity contribution in [3.63, 3.8) is 0 Å². The van der Waals surface area contributed by atoms with Gasteiger partial charge in [-0.05, 0) is 144 Å². The van der Waals surface area contributed by atoms with Gasteiger partial charge in [0.2, 0.25) is 0 Å². The molecule has 3 heteroatoms. The van der Waals surface area contributed by atoms with E-state index in [1.54, 1.807) is 0 Å². The zero-order chi connectivity index (χ0) is 42.2. The summed E-state index contributed by atoms with van der Waals surface area (Å²) in [7, 11) is 0. The van der Waals surface area contributed by atoms with Crippen molar-refractivity contribution >= 4 is 114 Å². The van der Waals surface area contributed by atoms with E-state index in [0.29, 0.717) is 11.0 Å². The second kappa shape index (κ2) is 11.9. The lowest BCUT2D eigenvalue weighted by atomic mass is 9.79. The molecule has 0 fully saturated rings. The Bertz CT molecular complexity index is 4520. The molecule has 0 spiro atoms. The van der Waals surface area contributed by atoms with E-state index in [1.807, 2.05) is 10.5 Å². The molecule has 2 heterocycles. The van der Waals surface area contributed by atoms with Gasteiger partial charge in [0, 0.05) is 21.5 Å². The van der Waals surface area contributed by atoms with E-state index < -0.39 is 0 Å². The topological polar surface area (TPSA) is 34.4 Å². The summed E-state index contributed by atoms with van der Waals surface area (Å²) in [6.45, 7) is 0. The van der Waals surface area contributed by atoms with Crippen molar-refractivity contribution in [2.45, 2.75) is 0 Å². The van der Waals surface area contributed by atoms with Crippen LogP contribution in [0.2, 0.25) is 0 Å². The summed E-state index contributed by atoms with van der Waals surface area (Å²) in [6.07, 6.45) is 0. The van der Waals surface area contributed by atoms with Gasteiger partial charge in [-0.3, -0.25) is 9.20 Å². The Kier molecular flexibility index (Phi) is 6.19. The molecule has 1 aliphatic rings. The summed E-state index contributed by atoms with van der Waals surface area (Å²) in [6, 6.07) is 70.8. The third-order valence-corrected chi connectivity index (χ3v) is 15.0. The molecule has 0 amide bonds. The van der Waals surface area contributed by atoms with E-state index in [1.165, 1.54) is 98.4 Å². The summed E-state index contributed by atoms with van der Waals surface area (Å²) in [5.41, 5.74) is 12.5. The number of pyridine rings is 1. The van der Waals surface area contributed by atoms with E-state index in [2.05, 4.69) is 188 Å². The van der Waals surface area contributed by atoms with Gasteiger partial charge in [-0.25, -0.2) is 4.98 Å². The first-order chi connectivity index (χ1) is 32.2. The molecule has 13 aromatic carbocycles. The molecule has 3 nitrogen and oxygen atoms in total. The van der Waals surface area contributed by atoms with Gasteiger partial charge in [0.1, 0.15) is 5.65 Å². The molecule has 65 heavy (non-hydrogen) atoms. The van der Waals surface area contributed by atoms with Crippen molar-refractivity contribution in [3.8, 4) is 44.5 Å². The monoisotopic (exact) mass is 820 g/mol. The van der Waals surface area contributed by atoms with Gasteiger partial charge in [0.05, 0.1) is 11.0 Å². The average Bonchev–Trinajstić information content (AvgIpc) is 3.70. The van der Waals surface area contributed by atoms with Crippen LogP contribution in [0.1, 0.15) is 0 Å². The molecule has 0 N–H and O–H groups in total. The Labute approximate surface area is 370 Å². The van der Waals surface area contributed by atoms with E-state index >= 15 is 0 Å². The van der Waals surface area contributed by atoms with Gasteiger partial charge in [-0.1, -0.05) is 170 Å². The van der Waals surface area contributed by atoms with E-state index in [4.69, 9.17) is 4.98 Å². The Morgan fingerprint density at radius 3 is 1.34 bits per heavy atom. The fraction of sp³-hybridized carbons (Fsp3) is 0. The zero-order valence-corrected chi connectivity index (χ0v) is 34.8. The molecule has 16 rings (SSSR count). The van der Waals surface area contributed by atoms with Crippen LogP contribution in [0.15, 0.2) is 199 Å². The van der Waals surface area contributed by atoms with Gasteiger partial charge in [0.15, 0.2) is 0 Å². The molecule has 296 valence electrons. The normalized spacial score (nSPS) is 12.7. The van der Waals surface area contributed by atoms with Crippen molar-refractivity contribution in [2.24, 2.45) is 0 Å². The van der Waals surface area contributed by atoms with Gasteiger partial charge in [0.25, 0.3) is 5.56 Å².